The van der Waals surface area contributed by atoms with Crippen molar-refractivity contribution in [2.45, 2.75) is 38.2 Å². The maximum absolute atomic E-state index is 10.5. The summed E-state index contributed by atoms with van der Waals surface area (Å²) in [4.78, 5) is 10.5. The highest BCUT2D eigenvalue weighted by Crippen LogP contribution is 2.37. The average molecular weight is 404 g/mol. The summed E-state index contributed by atoms with van der Waals surface area (Å²) in [5.74, 6) is -0.163. The zero-order valence-corrected chi connectivity index (χ0v) is 14.1. The number of carboxylic acid groups (broad SMARTS) is 1. The van der Waals surface area contributed by atoms with Gasteiger partial charge in [-0.25, -0.2) is 4.79 Å². The molecule has 108 valence electrons. The highest BCUT2D eigenvalue weighted by molar-refractivity contribution is 9.11. The van der Waals surface area contributed by atoms with Gasteiger partial charge in [0, 0.05) is 6.08 Å². The first kappa shape index (κ1) is 15.6. The minimum absolute atomic E-state index is 0.275. The Morgan fingerprint density at radius 1 is 1.20 bits per heavy atom. The molecule has 0 amide bonds. The third-order valence-electron chi connectivity index (χ3n) is 3.28. The summed E-state index contributed by atoms with van der Waals surface area (Å²) in [5.41, 5.74) is 0.808. The molecule has 0 atom stereocenters. The minimum Gasteiger partial charge on any atom is -0.488 e. The van der Waals surface area contributed by atoms with Crippen LogP contribution in [0.25, 0.3) is 6.08 Å². The topological polar surface area (TPSA) is 46.5 Å². The summed E-state index contributed by atoms with van der Waals surface area (Å²) in [6, 6.07) is 3.73. The molecule has 0 heterocycles. The number of hydrogen-bond acceptors (Lipinski definition) is 2. The predicted octanol–water partition coefficient (Wildman–Crippen LogP) is 5.02. The van der Waals surface area contributed by atoms with Crippen LogP contribution in [0.3, 0.4) is 0 Å². The van der Waals surface area contributed by atoms with E-state index >= 15 is 0 Å². The largest absolute Gasteiger partial charge is 0.488 e. The Kier molecular flexibility index (Phi) is 5.66. The highest BCUT2D eigenvalue weighted by Gasteiger charge is 2.18. The van der Waals surface area contributed by atoms with Crippen LogP contribution in [0.5, 0.6) is 5.75 Å². The van der Waals surface area contributed by atoms with E-state index in [4.69, 9.17) is 9.84 Å². The molecule has 0 spiro atoms. The molecule has 1 fully saturated rings. The molecule has 0 bridgehead atoms. The lowest BCUT2D eigenvalue weighted by atomic mass is 9.98. The third-order valence-corrected chi connectivity index (χ3v) is 4.45. The van der Waals surface area contributed by atoms with E-state index in [1.165, 1.54) is 19.3 Å². The monoisotopic (exact) mass is 402 g/mol. The van der Waals surface area contributed by atoms with Gasteiger partial charge in [0.05, 0.1) is 15.0 Å². The van der Waals surface area contributed by atoms with Gasteiger partial charge in [-0.3, -0.25) is 0 Å². The van der Waals surface area contributed by atoms with Gasteiger partial charge in [0.1, 0.15) is 5.75 Å². The molecule has 0 unspecified atom stereocenters. The minimum atomic E-state index is -0.959. The Labute approximate surface area is 135 Å². The molecule has 1 aromatic rings. The first-order valence-electron chi connectivity index (χ1n) is 6.63. The fourth-order valence-corrected chi connectivity index (χ4v) is 3.71. The van der Waals surface area contributed by atoms with Crippen molar-refractivity contribution >= 4 is 43.9 Å². The van der Waals surface area contributed by atoms with Crippen LogP contribution in [0.2, 0.25) is 0 Å². The maximum atomic E-state index is 10.5. The van der Waals surface area contributed by atoms with Gasteiger partial charge in [0.15, 0.2) is 0 Å². The molecule has 1 saturated carbocycles. The molecule has 5 heteroatoms. The number of carbonyl (C=O) groups is 1. The number of carboxylic acids is 1. The van der Waals surface area contributed by atoms with Crippen molar-refractivity contribution in [3.8, 4) is 5.75 Å². The smallest absolute Gasteiger partial charge is 0.328 e. The van der Waals surface area contributed by atoms with E-state index in [1.807, 2.05) is 12.1 Å². The van der Waals surface area contributed by atoms with Crippen LogP contribution in [0, 0.1) is 0 Å². The summed E-state index contributed by atoms with van der Waals surface area (Å²) in [6.45, 7) is 0. The molecule has 0 aliphatic heterocycles. The summed E-state index contributed by atoms with van der Waals surface area (Å²) in [5, 5.41) is 8.65. The van der Waals surface area contributed by atoms with E-state index in [0.717, 1.165) is 39.2 Å². The quantitative estimate of drug-likeness (QED) is 0.717. The summed E-state index contributed by atoms with van der Waals surface area (Å²) in [7, 11) is 0. The first-order chi connectivity index (χ1) is 9.56. The van der Waals surface area contributed by atoms with E-state index in [-0.39, 0.29) is 6.10 Å². The van der Waals surface area contributed by atoms with Crippen molar-refractivity contribution in [1.82, 2.24) is 0 Å². The second-order valence-electron chi connectivity index (χ2n) is 4.86. The molecule has 20 heavy (non-hydrogen) atoms. The highest BCUT2D eigenvalue weighted by atomic mass is 79.9. The van der Waals surface area contributed by atoms with Crippen molar-refractivity contribution in [3.63, 3.8) is 0 Å². The molecule has 1 N–H and O–H groups in total. The zero-order chi connectivity index (χ0) is 14.5. The van der Waals surface area contributed by atoms with Gasteiger partial charge >= 0.3 is 5.97 Å². The van der Waals surface area contributed by atoms with Crippen LogP contribution in [-0.4, -0.2) is 17.2 Å². The zero-order valence-electron chi connectivity index (χ0n) is 10.9. The van der Waals surface area contributed by atoms with Crippen LogP contribution < -0.4 is 4.74 Å². The van der Waals surface area contributed by atoms with Crippen LogP contribution in [0.4, 0.5) is 0 Å². The first-order valence-corrected chi connectivity index (χ1v) is 8.21. The predicted molar refractivity (Wildman–Crippen MR) is 86.0 cm³/mol. The lowest BCUT2D eigenvalue weighted by Gasteiger charge is -2.24. The molecule has 1 aliphatic rings. The summed E-state index contributed by atoms with van der Waals surface area (Å²) in [6.07, 6.45) is 8.88. The van der Waals surface area contributed by atoms with Crippen molar-refractivity contribution in [1.29, 1.82) is 0 Å². The fourth-order valence-electron chi connectivity index (χ4n) is 2.31. The number of hydrogen-bond donors (Lipinski definition) is 1. The number of aliphatic carboxylic acids is 1. The fraction of sp³-hybridized carbons (Fsp3) is 0.400. The van der Waals surface area contributed by atoms with E-state index < -0.39 is 5.97 Å². The summed E-state index contributed by atoms with van der Waals surface area (Å²) < 4.78 is 7.73. The van der Waals surface area contributed by atoms with Crippen molar-refractivity contribution < 1.29 is 14.6 Å². The molecule has 0 radical (unpaired) electrons. The van der Waals surface area contributed by atoms with Gasteiger partial charge in [-0.15, -0.1) is 0 Å². The van der Waals surface area contributed by atoms with Gasteiger partial charge in [0.2, 0.25) is 0 Å². The number of benzene rings is 1. The number of rotatable bonds is 4. The number of halogens is 2. The molecular formula is C15H16Br2O3. The molecule has 2 rings (SSSR count). The molecule has 3 nitrogen and oxygen atoms in total. The SMILES string of the molecule is O=C(O)/C=C/c1cc(Br)c(OC2CCCCC2)c(Br)c1. The molecule has 0 saturated heterocycles. The Balaban J connectivity index is 2.15. The van der Waals surface area contributed by atoms with E-state index in [9.17, 15) is 4.79 Å². The average Bonchev–Trinajstić information content (AvgIpc) is 2.42. The normalized spacial score (nSPS) is 16.5. The molecule has 0 aromatic heterocycles. The van der Waals surface area contributed by atoms with Crippen LogP contribution in [-0.2, 0) is 4.79 Å². The molecule has 1 aromatic carbocycles. The maximum Gasteiger partial charge on any atom is 0.328 e. The van der Waals surface area contributed by atoms with Crippen molar-refractivity contribution in [2.24, 2.45) is 0 Å². The standard InChI is InChI=1S/C15H16Br2O3/c16-12-8-10(6-7-14(18)19)9-13(17)15(12)20-11-4-2-1-3-5-11/h6-9,11H,1-5H2,(H,18,19)/b7-6+. The second-order valence-corrected chi connectivity index (χ2v) is 6.57. The Bertz CT molecular complexity index is 497. The lowest BCUT2D eigenvalue weighted by molar-refractivity contribution is -0.131. The van der Waals surface area contributed by atoms with Crippen LogP contribution in [0.15, 0.2) is 27.2 Å². The van der Waals surface area contributed by atoms with Gasteiger partial charge in [-0.1, -0.05) is 6.42 Å². The second kappa shape index (κ2) is 7.27. The van der Waals surface area contributed by atoms with Gasteiger partial charge in [-0.2, -0.15) is 0 Å². The Hall–Kier alpha value is -0.810. The number of ether oxygens (including phenoxy) is 1. The third kappa shape index (κ3) is 4.35. The van der Waals surface area contributed by atoms with Gasteiger partial charge < -0.3 is 9.84 Å². The van der Waals surface area contributed by atoms with E-state index in [2.05, 4.69) is 31.9 Å². The van der Waals surface area contributed by atoms with Gasteiger partial charge in [-0.05, 0) is 81.3 Å². The van der Waals surface area contributed by atoms with Crippen molar-refractivity contribution in [3.05, 3.63) is 32.7 Å². The summed E-state index contributed by atoms with van der Waals surface area (Å²) >= 11 is 6.99. The molecular weight excluding hydrogens is 388 g/mol. The van der Waals surface area contributed by atoms with E-state index in [1.54, 1.807) is 6.08 Å². The van der Waals surface area contributed by atoms with Crippen LogP contribution >= 0.6 is 31.9 Å². The van der Waals surface area contributed by atoms with Gasteiger partial charge in [0.25, 0.3) is 0 Å². The Morgan fingerprint density at radius 3 is 2.35 bits per heavy atom. The Morgan fingerprint density at radius 2 is 1.80 bits per heavy atom. The lowest BCUT2D eigenvalue weighted by Crippen LogP contribution is -2.20. The van der Waals surface area contributed by atoms with Crippen LogP contribution in [0.1, 0.15) is 37.7 Å². The van der Waals surface area contributed by atoms with E-state index in [0.29, 0.717) is 0 Å². The molecule has 1 aliphatic carbocycles. The van der Waals surface area contributed by atoms with Crippen molar-refractivity contribution in [2.75, 3.05) is 0 Å².